The van der Waals surface area contributed by atoms with Gasteiger partial charge in [-0.1, -0.05) is 231 Å². The van der Waals surface area contributed by atoms with Crippen molar-refractivity contribution in [3.8, 4) is 86.1 Å². The highest BCUT2D eigenvalue weighted by Crippen LogP contribution is 2.55. The Kier molecular flexibility index (Phi) is 18.6. The predicted octanol–water partition coefficient (Wildman–Crippen LogP) is 34.7. The Labute approximate surface area is 775 Å². The molecule has 13 nitrogen and oxygen atoms in total. The number of anilines is 9. The van der Waals surface area contributed by atoms with Crippen molar-refractivity contribution < 1.29 is 32.8 Å². The summed E-state index contributed by atoms with van der Waals surface area (Å²) in [5, 5.41) is 14.1. The molecule has 28 rings (SSSR count). The van der Waals surface area contributed by atoms with Crippen molar-refractivity contribution in [2.45, 2.75) is 0 Å². The minimum atomic E-state index is 0.665. The first-order valence-electron chi connectivity index (χ1n) is 45.2. The molecule has 13 heteroatoms. The van der Waals surface area contributed by atoms with Crippen molar-refractivity contribution in [1.29, 1.82) is 0 Å². The van der Waals surface area contributed by atoms with Crippen LogP contribution >= 0.6 is 0 Å². The lowest BCUT2D eigenvalue weighted by Crippen LogP contribution is -2.11. The fraction of sp³-hybridized carbons (Fsp3) is 0. The van der Waals surface area contributed by atoms with Gasteiger partial charge in [-0.3, -0.25) is 0 Å². The number of para-hydroxylation sites is 13. The van der Waals surface area contributed by atoms with Crippen LogP contribution in [0.4, 0.5) is 51.2 Å². The minimum absolute atomic E-state index is 0.665. The Morgan fingerprint density at radius 3 is 0.889 bits per heavy atom. The lowest BCUT2D eigenvalue weighted by Gasteiger charge is -2.28. The third-order valence-electron chi connectivity index (χ3n) is 25.8. The normalized spacial score (nSPS) is 12.1. The van der Waals surface area contributed by atoms with E-state index in [1.807, 2.05) is 115 Å². The number of hydrogen-bond donors (Lipinski definition) is 0. The zero-order chi connectivity index (χ0) is 89.0. The maximum Gasteiger partial charge on any atom is 0.172 e. The number of nitrogens with zero attached hydrogens (tertiary/aromatic N) is 6. The van der Waals surface area contributed by atoms with E-state index in [0.29, 0.717) is 57.5 Å². The van der Waals surface area contributed by atoms with Gasteiger partial charge in [0.2, 0.25) is 0 Å². The monoisotopic (exact) mass is 1740 g/mol. The molecular weight excluding hydrogens is 1660 g/mol. The quantitative estimate of drug-likeness (QED) is 0.118. The van der Waals surface area contributed by atoms with Crippen LogP contribution in [0.1, 0.15) is 0 Å². The highest BCUT2D eigenvalue weighted by Gasteiger charge is 2.29. The highest BCUT2D eigenvalue weighted by molar-refractivity contribution is 6.15. The Morgan fingerprint density at radius 2 is 0.437 bits per heavy atom. The molecule has 25 aromatic rings. The molecule has 21 aromatic carbocycles. The van der Waals surface area contributed by atoms with Gasteiger partial charge in [0.05, 0.1) is 55.8 Å². The van der Waals surface area contributed by atoms with Crippen LogP contribution in [-0.2, 0) is 0 Å². The summed E-state index contributed by atoms with van der Waals surface area (Å²) in [6, 6.07) is 164. The molecule has 0 bridgehead atoms. The van der Waals surface area contributed by atoms with Gasteiger partial charge in [-0.15, -0.1) is 0 Å². The summed E-state index contributed by atoms with van der Waals surface area (Å²) in [4.78, 5) is 6.87. The summed E-state index contributed by atoms with van der Waals surface area (Å²) in [6.45, 7) is 0. The van der Waals surface area contributed by atoms with Crippen molar-refractivity contribution in [3.05, 3.63) is 473 Å². The largest absolute Gasteiger partial charge is 0.456 e. The van der Waals surface area contributed by atoms with E-state index in [9.17, 15) is 0 Å². The standard InChI is InChI=1S/C42H26N2O3.2C40H26N2O2/c1-2-10-27(11-3-1)44-35-14-6-4-12-31(35)34-24-28(19-22-36(34)44)43(29-18-21-33-32-13-5-7-15-37(32)45-41(33)25-29)30-20-23-40-42(26-30)47-39-17-9-8-16-38(39)46-40;1-2-13-28(14-3-1)42-35-17-7-6-16-32(35)33-25-29(21-23-36(33)42)41(34-18-10-12-27-11-4-5-15-31(27)34)30-22-24-39-40(26-30)44-38-20-9-8-19-37(38)43-39;1-2-12-29(13-3-1)42-35-15-7-6-14-33(35)34-25-31(20-22-36(34)42)41(30-19-18-27-10-4-5-11-28(27)24-30)32-21-23-39-40(26-32)44-38-17-9-8-16-37(38)43-39/h1-26H;2*1-26H. The van der Waals surface area contributed by atoms with Crippen molar-refractivity contribution in [2.24, 2.45) is 0 Å². The molecule has 4 aromatic heterocycles. The van der Waals surface area contributed by atoms with Gasteiger partial charge in [0.15, 0.2) is 69.0 Å². The zero-order valence-electron chi connectivity index (χ0n) is 72.6. The van der Waals surface area contributed by atoms with Crippen molar-refractivity contribution in [3.63, 3.8) is 0 Å². The first-order valence-corrected chi connectivity index (χ1v) is 45.2. The van der Waals surface area contributed by atoms with Gasteiger partial charge in [0, 0.05) is 118 Å². The maximum atomic E-state index is 6.36. The van der Waals surface area contributed by atoms with Crippen LogP contribution in [0.5, 0.6) is 69.0 Å². The SMILES string of the molecule is c1ccc(-n2c3ccccc3c3cc(N(c4ccc5c(c4)Oc4ccccc4O5)c4ccc5c(c4)oc4ccccc45)ccc32)cc1.c1ccc(-n2c3ccccc3c3cc(N(c4ccc5c(c4)Oc4ccccc4O5)c4ccc5ccccc5c4)ccc32)cc1.c1ccc(-n2c3ccccc3c3cc(N(c4ccc5c(c4)Oc4ccccc4O5)c4cccc5ccccc45)ccc32)cc1. The first-order chi connectivity index (χ1) is 66.9. The molecule has 0 unspecified atom stereocenters. The van der Waals surface area contributed by atoms with E-state index in [4.69, 9.17) is 32.8 Å². The summed E-state index contributed by atoms with van der Waals surface area (Å²) < 4.78 is 51.0. The first kappa shape index (κ1) is 77.7. The van der Waals surface area contributed by atoms with Gasteiger partial charge in [-0.05, 0) is 235 Å². The van der Waals surface area contributed by atoms with E-state index < -0.39 is 0 Å². The smallest absolute Gasteiger partial charge is 0.172 e. The van der Waals surface area contributed by atoms with E-state index in [2.05, 4.69) is 386 Å². The molecule has 0 fully saturated rings. The summed E-state index contributed by atoms with van der Waals surface area (Å²) >= 11 is 0. The maximum absolute atomic E-state index is 6.36. The fourth-order valence-corrected chi connectivity index (χ4v) is 19.7. The number of rotatable bonds is 12. The second-order valence-corrected chi connectivity index (χ2v) is 33.8. The van der Waals surface area contributed by atoms with Gasteiger partial charge in [0.25, 0.3) is 0 Å². The van der Waals surface area contributed by atoms with Gasteiger partial charge in [-0.2, -0.15) is 0 Å². The summed E-state index contributed by atoms with van der Waals surface area (Å²) in [6.07, 6.45) is 0. The summed E-state index contributed by atoms with van der Waals surface area (Å²) in [5.74, 6) is 8.40. The molecule has 3 aliphatic rings. The van der Waals surface area contributed by atoms with Crippen LogP contribution in [0.2, 0.25) is 0 Å². The molecule has 0 atom stereocenters. The van der Waals surface area contributed by atoms with Crippen LogP contribution in [0, 0.1) is 0 Å². The molecule has 0 aliphatic carbocycles. The third kappa shape index (κ3) is 13.6. The minimum Gasteiger partial charge on any atom is -0.456 e. The number of benzene rings is 21. The molecule has 0 spiro atoms. The van der Waals surface area contributed by atoms with Crippen molar-refractivity contribution >= 4 is 160 Å². The number of furan rings is 1. The number of fused-ring (bicyclic) bond motifs is 20. The molecule has 638 valence electrons. The van der Waals surface area contributed by atoms with E-state index in [1.54, 1.807) is 0 Å². The molecule has 0 amide bonds. The van der Waals surface area contributed by atoms with Crippen LogP contribution < -0.4 is 43.1 Å². The number of aromatic nitrogens is 3. The van der Waals surface area contributed by atoms with E-state index in [0.717, 1.165) is 113 Å². The van der Waals surface area contributed by atoms with E-state index in [-0.39, 0.29) is 0 Å². The molecule has 0 radical (unpaired) electrons. The average molecular weight is 1740 g/mol. The zero-order valence-corrected chi connectivity index (χ0v) is 72.6. The molecule has 135 heavy (non-hydrogen) atoms. The molecule has 7 heterocycles. The lowest BCUT2D eigenvalue weighted by atomic mass is 10.1. The highest BCUT2D eigenvalue weighted by atomic mass is 16.6. The van der Waals surface area contributed by atoms with Gasteiger partial charge >= 0.3 is 0 Å². The van der Waals surface area contributed by atoms with Gasteiger partial charge in [0.1, 0.15) is 11.2 Å². The molecule has 0 N–H and O–H groups in total. The van der Waals surface area contributed by atoms with Crippen LogP contribution in [0.3, 0.4) is 0 Å². The average Bonchev–Trinajstić information content (AvgIpc) is 1.61. The molecule has 0 saturated heterocycles. The Hall–Kier alpha value is -18.5. The van der Waals surface area contributed by atoms with Crippen LogP contribution in [0.25, 0.3) is 126 Å². The third-order valence-corrected chi connectivity index (χ3v) is 25.8. The Morgan fingerprint density at radius 1 is 0.148 bits per heavy atom. The topological polar surface area (TPSA) is 93.0 Å². The molecular formula is C122H78N6O7. The van der Waals surface area contributed by atoms with Crippen molar-refractivity contribution in [1.82, 2.24) is 13.7 Å². The van der Waals surface area contributed by atoms with E-state index in [1.165, 1.54) is 75.9 Å². The Bertz CT molecular complexity index is 9000. The second kappa shape index (κ2) is 32.3. The Balaban J connectivity index is 0.000000105. The van der Waals surface area contributed by atoms with E-state index >= 15 is 0 Å². The van der Waals surface area contributed by atoms with Crippen LogP contribution in [-0.4, -0.2) is 13.7 Å². The summed E-state index contributed by atoms with van der Waals surface area (Å²) in [5.41, 5.74) is 21.3. The molecule has 0 saturated carbocycles. The predicted molar refractivity (Wildman–Crippen MR) is 548 cm³/mol. The van der Waals surface area contributed by atoms with Crippen LogP contribution in [0.15, 0.2) is 478 Å². The molecule has 3 aliphatic heterocycles. The lowest BCUT2D eigenvalue weighted by molar-refractivity contribution is 0.360. The van der Waals surface area contributed by atoms with Gasteiger partial charge < -0.3 is 61.2 Å². The number of ether oxygens (including phenoxy) is 6. The van der Waals surface area contributed by atoms with Gasteiger partial charge in [-0.25, -0.2) is 0 Å². The van der Waals surface area contributed by atoms with Crippen molar-refractivity contribution in [2.75, 3.05) is 14.7 Å². The fourth-order valence-electron chi connectivity index (χ4n) is 19.7. The number of hydrogen-bond acceptors (Lipinski definition) is 10. The summed E-state index contributed by atoms with van der Waals surface area (Å²) in [7, 11) is 0. The second-order valence-electron chi connectivity index (χ2n) is 33.8.